The summed E-state index contributed by atoms with van der Waals surface area (Å²) < 4.78 is 7.49. The van der Waals surface area contributed by atoms with Gasteiger partial charge in [0.25, 0.3) is 0 Å². The summed E-state index contributed by atoms with van der Waals surface area (Å²) in [6.45, 7) is 13.6. The second-order valence-corrected chi connectivity index (χ2v) is 5.72. The number of nitrogens with one attached hydrogen (secondary N) is 1. The van der Waals surface area contributed by atoms with Gasteiger partial charge in [-0.15, -0.1) is 0 Å². The predicted octanol–water partition coefficient (Wildman–Crippen LogP) is 3.31. The highest BCUT2D eigenvalue weighted by molar-refractivity contribution is 5.52. The molecule has 1 heterocycles. The van der Waals surface area contributed by atoms with Crippen LogP contribution >= 0.6 is 0 Å². The number of rotatable bonds is 6. The summed E-state index contributed by atoms with van der Waals surface area (Å²) in [5.41, 5.74) is 3.35. The van der Waals surface area contributed by atoms with Gasteiger partial charge in [0.15, 0.2) is 0 Å². The monoisotopic (exact) mass is 253 g/mol. The van der Waals surface area contributed by atoms with Crippen molar-refractivity contribution in [1.29, 1.82) is 0 Å². The summed E-state index contributed by atoms with van der Waals surface area (Å²) >= 11 is 0. The first kappa shape index (κ1) is 15.0. The third-order valence-electron chi connectivity index (χ3n) is 3.40. The summed E-state index contributed by atoms with van der Waals surface area (Å²) in [7, 11) is 1.76. The first-order valence-corrected chi connectivity index (χ1v) is 6.63. The lowest BCUT2D eigenvalue weighted by atomic mass is 10.1. The highest BCUT2D eigenvalue weighted by Gasteiger charge is 2.17. The molecule has 0 aliphatic rings. The van der Waals surface area contributed by atoms with Crippen molar-refractivity contribution in [3.05, 3.63) is 11.4 Å². The van der Waals surface area contributed by atoms with Gasteiger partial charge in [-0.1, -0.05) is 0 Å². The van der Waals surface area contributed by atoms with Crippen molar-refractivity contribution in [2.45, 2.75) is 59.6 Å². The molecule has 0 aliphatic carbocycles. The van der Waals surface area contributed by atoms with Gasteiger partial charge in [0, 0.05) is 19.7 Å². The van der Waals surface area contributed by atoms with Crippen LogP contribution in [0.25, 0.3) is 0 Å². The maximum Gasteiger partial charge on any atom is 0.0828 e. The van der Waals surface area contributed by atoms with Crippen molar-refractivity contribution >= 4 is 5.69 Å². The molecule has 104 valence electrons. The lowest BCUT2D eigenvalue weighted by Crippen LogP contribution is -2.26. The minimum Gasteiger partial charge on any atom is -0.382 e. The molecule has 0 amide bonds. The smallest absolute Gasteiger partial charge is 0.0828 e. The number of hydrogen-bond acceptors (Lipinski definition) is 3. The van der Waals surface area contributed by atoms with Crippen molar-refractivity contribution < 1.29 is 4.74 Å². The lowest BCUT2D eigenvalue weighted by molar-refractivity contribution is 0.0185. The zero-order chi connectivity index (χ0) is 13.9. The second-order valence-electron chi connectivity index (χ2n) is 5.72. The minimum absolute atomic E-state index is 0.0805. The molecule has 0 saturated carbocycles. The van der Waals surface area contributed by atoms with Crippen LogP contribution in [-0.4, -0.2) is 29.0 Å². The fourth-order valence-electron chi connectivity index (χ4n) is 2.01. The Morgan fingerprint density at radius 3 is 2.39 bits per heavy atom. The van der Waals surface area contributed by atoms with Gasteiger partial charge in [-0.3, -0.25) is 4.68 Å². The van der Waals surface area contributed by atoms with E-state index in [-0.39, 0.29) is 5.60 Å². The standard InChI is InChI=1S/C14H27N3O/c1-10(2)17-12(4)13(11(3)16-17)15-9-8-14(5,6)18-7/h10,15H,8-9H2,1-7H3. The number of hydrogen-bond donors (Lipinski definition) is 1. The molecule has 0 bridgehead atoms. The molecule has 0 radical (unpaired) electrons. The van der Waals surface area contributed by atoms with Crippen LogP contribution < -0.4 is 5.32 Å². The van der Waals surface area contributed by atoms with E-state index >= 15 is 0 Å². The summed E-state index contributed by atoms with van der Waals surface area (Å²) in [4.78, 5) is 0. The Morgan fingerprint density at radius 1 is 1.33 bits per heavy atom. The van der Waals surface area contributed by atoms with Gasteiger partial charge in [0.1, 0.15) is 0 Å². The molecule has 0 atom stereocenters. The van der Waals surface area contributed by atoms with Gasteiger partial charge in [-0.25, -0.2) is 0 Å². The van der Waals surface area contributed by atoms with E-state index in [1.165, 1.54) is 5.69 Å². The zero-order valence-corrected chi connectivity index (χ0v) is 12.8. The van der Waals surface area contributed by atoms with Gasteiger partial charge in [-0.05, 0) is 48.0 Å². The van der Waals surface area contributed by atoms with Gasteiger partial charge in [0.05, 0.1) is 22.7 Å². The number of methoxy groups -OCH3 is 1. The molecule has 0 fully saturated rings. The van der Waals surface area contributed by atoms with Gasteiger partial charge in [0.2, 0.25) is 0 Å². The Balaban J connectivity index is 2.68. The number of aryl methyl sites for hydroxylation is 1. The predicted molar refractivity (Wildman–Crippen MR) is 76.3 cm³/mol. The molecule has 1 rings (SSSR count). The Kier molecular flexibility index (Phi) is 4.79. The maximum absolute atomic E-state index is 5.42. The quantitative estimate of drug-likeness (QED) is 0.845. The van der Waals surface area contributed by atoms with E-state index in [0.717, 1.165) is 24.3 Å². The van der Waals surface area contributed by atoms with E-state index in [0.29, 0.717) is 6.04 Å². The van der Waals surface area contributed by atoms with Gasteiger partial charge >= 0.3 is 0 Å². The molecule has 1 N–H and O–H groups in total. The first-order valence-electron chi connectivity index (χ1n) is 6.63. The summed E-state index contributed by atoms with van der Waals surface area (Å²) in [6.07, 6.45) is 0.967. The Morgan fingerprint density at radius 2 is 1.94 bits per heavy atom. The van der Waals surface area contributed by atoms with E-state index in [4.69, 9.17) is 4.74 Å². The minimum atomic E-state index is -0.0805. The second kappa shape index (κ2) is 5.74. The maximum atomic E-state index is 5.42. The van der Waals surface area contributed by atoms with Crippen molar-refractivity contribution in [3.8, 4) is 0 Å². The topological polar surface area (TPSA) is 39.1 Å². The van der Waals surface area contributed by atoms with Crippen LogP contribution in [0.4, 0.5) is 5.69 Å². The van der Waals surface area contributed by atoms with Gasteiger partial charge < -0.3 is 10.1 Å². The normalized spacial score (nSPS) is 12.2. The molecule has 0 unspecified atom stereocenters. The molecule has 1 aromatic rings. The molecule has 0 aliphatic heterocycles. The van der Waals surface area contributed by atoms with Crippen LogP contribution in [0.2, 0.25) is 0 Å². The van der Waals surface area contributed by atoms with Crippen molar-refractivity contribution in [2.24, 2.45) is 0 Å². The Labute approximate surface area is 111 Å². The van der Waals surface area contributed by atoms with E-state index in [2.05, 4.69) is 56.6 Å². The van der Waals surface area contributed by atoms with Crippen molar-refractivity contribution in [3.63, 3.8) is 0 Å². The molecule has 18 heavy (non-hydrogen) atoms. The zero-order valence-electron chi connectivity index (χ0n) is 12.8. The van der Waals surface area contributed by atoms with Crippen LogP contribution in [0.3, 0.4) is 0 Å². The van der Waals surface area contributed by atoms with E-state index in [9.17, 15) is 0 Å². The molecule has 1 aromatic heterocycles. The van der Waals surface area contributed by atoms with Crippen molar-refractivity contribution in [1.82, 2.24) is 9.78 Å². The molecule has 0 aromatic carbocycles. The van der Waals surface area contributed by atoms with Crippen LogP contribution in [0.15, 0.2) is 0 Å². The first-order chi connectivity index (χ1) is 8.28. The van der Waals surface area contributed by atoms with Crippen LogP contribution in [0.5, 0.6) is 0 Å². The summed E-state index contributed by atoms with van der Waals surface area (Å²) in [5.74, 6) is 0. The molecule has 0 spiro atoms. The Bertz CT molecular complexity index is 394. The molecular formula is C14H27N3O. The van der Waals surface area contributed by atoms with Crippen LogP contribution in [-0.2, 0) is 4.74 Å². The third kappa shape index (κ3) is 3.48. The average molecular weight is 253 g/mol. The van der Waals surface area contributed by atoms with E-state index < -0.39 is 0 Å². The SMILES string of the molecule is COC(C)(C)CCNc1c(C)nn(C(C)C)c1C. The van der Waals surface area contributed by atoms with E-state index in [1.807, 2.05) is 0 Å². The van der Waals surface area contributed by atoms with Crippen LogP contribution in [0, 0.1) is 13.8 Å². The number of nitrogens with zero attached hydrogens (tertiary/aromatic N) is 2. The van der Waals surface area contributed by atoms with Crippen LogP contribution in [0.1, 0.15) is 51.5 Å². The molecular weight excluding hydrogens is 226 g/mol. The fraction of sp³-hybridized carbons (Fsp3) is 0.786. The highest BCUT2D eigenvalue weighted by atomic mass is 16.5. The largest absolute Gasteiger partial charge is 0.382 e. The lowest BCUT2D eigenvalue weighted by Gasteiger charge is -2.23. The fourth-order valence-corrected chi connectivity index (χ4v) is 2.01. The third-order valence-corrected chi connectivity index (χ3v) is 3.40. The molecule has 4 nitrogen and oxygen atoms in total. The molecule has 0 saturated heterocycles. The summed E-state index contributed by atoms with van der Waals surface area (Å²) in [6, 6.07) is 0.398. The number of anilines is 1. The number of ether oxygens (including phenoxy) is 1. The summed E-state index contributed by atoms with van der Waals surface area (Å²) in [5, 5.41) is 8.05. The van der Waals surface area contributed by atoms with Gasteiger partial charge in [-0.2, -0.15) is 5.10 Å². The average Bonchev–Trinajstić information content (AvgIpc) is 2.56. The van der Waals surface area contributed by atoms with Crippen molar-refractivity contribution in [2.75, 3.05) is 19.0 Å². The highest BCUT2D eigenvalue weighted by Crippen LogP contribution is 2.23. The Hall–Kier alpha value is -1.03. The van der Waals surface area contributed by atoms with E-state index in [1.54, 1.807) is 7.11 Å². The number of aromatic nitrogens is 2. The molecule has 4 heteroatoms.